The molecule has 1 heterocycles. The number of anilines is 1. The number of carbonyl (C=O) groups excluding carboxylic acids is 1. The van der Waals surface area contributed by atoms with Gasteiger partial charge in [-0.3, -0.25) is 0 Å². The van der Waals surface area contributed by atoms with E-state index in [1.54, 1.807) is 24.3 Å². The van der Waals surface area contributed by atoms with E-state index in [-0.39, 0.29) is 12.6 Å². The van der Waals surface area contributed by atoms with E-state index >= 15 is 0 Å². The fraction of sp³-hybridized carbons (Fsp3) is 0.235. The van der Waals surface area contributed by atoms with Gasteiger partial charge in [-0.2, -0.15) is 0 Å². The van der Waals surface area contributed by atoms with Crippen molar-refractivity contribution in [3.63, 3.8) is 0 Å². The summed E-state index contributed by atoms with van der Waals surface area (Å²) in [5.74, 6) is -0.394. The zero-order chi connectivity index (χ0) is 18.0. The van der Waals surface area contributed by atoms with Gasteiger partial charge in [-0.15, -0.1) is 0 Å². The molecule has 0 saturated carbocycles. The summed E-state index contributed by atoms with van der Waals surface area (Å²) < 4.78 is 0. The molecule has 1 unspecified atom stereocenters. The van der Waals surface area contributed by atoms with Crippen molar-refractivity contribution in [1.82, 2.24) is 10.7 Å². The number of aliphatic hydroxyl groups excluding tert-OH is 1. The molecule has 2 amide bonds. The van der Waals surface area contributed by atoms with Crippen LogP contribution in [0.15, 0.2) is 36.4 Å². The molecular formula is C17H16Cl3N3O2. The third-order valence-electron chi connectivity index (χ3n) is 4.00. The van der Waals surface area contributed by atoms with Crippen molar-refractivity contribution in [2.24, 2.45) is 0 Å². The predicted octanol–water partition coefficient (Wildman–Crippen LogP) is 3.81. The van der Waals surface area contributed by atoms with Crippen LogP contribution in [-0.4, -0.2) is 30.8 Å². The predicted molar refractivity (Wildman–Crippen MR) is 101 cm³/mol. The number of carbonyl (C=O) groups is 1. The lowest BCUT2D eigenvalue weighted by Gasteiger charge is -2.29. The number of hydrogen-bond acceptors (Lipinski definition) is 3. The first-order valence-corrected chi connectivity index (χ1v) is 8.81. The van der Waals surface area contributed by atoms with E-state index in [0.717, 1.165) is 5.56 Å². The molecule has 3 rings (SSSR count). The summed E-state index contributed by atoms with van der Waals surface area (Å²) in [6.45, 7) is 0.994. The average Bonchev–Trinajstić information content (AvgIpc) is 2.59. The van der Waals surface area contributed by atoms with Crippen molar-refractivity contribution in [3.05, 3.63) is 62.6 Å². The Morgan fingerprint density at radius 3 is 2.28 bits per heavy atom. The number of halogens is 3. The second-order valence-electron chi connectivity index (χ2n) is 5.59. The minimum absolute atomic E-state index is 0.164. The van der Waals surface area contributed by atoms with Crippen LogP contribution in [0.1, 0.15) is 17.0 Å². The lowest BCUT2D eigenvalue weighted by molar-refractivity contribution is 0.239. The van der Waals surface area contributed by atoms with Gasteiger partial charge in [-0.1, -0.05) is 46.9 Å². The number of hydrogen-bond donors (Lipinski definition) is 3. The van der Waals surface area contributed by atoms with Gasteiger partial charge in [0.15, 0.2) is 0 Å². The molecule has 0 aromatic heterocycles. The molecule has 1 aliphatic heterocycles. The van der Waals surface area contributed by atoms with Crippen molar-refractivity contribution in [2.45, 2.75) is 5.92 Å². The van der Waals surface area contributed by atoms with E-state index in [1.165, 1.54) is 5.01 Å². The number of nitrogens with zero attached hydrogens (tertiary/aromatic N) is 1. The highest BCUT2D eigenvalue weighted by molar-refractivity contribution is 6.36. The number of nitrogens with one attached hydrogen (secondary N) is 2. The highest BCUT2D eigenvalue weighted by Crippen LogP contribution is 2.38. The van der Waals surface area contributed by atoms with Crippen molar-refractivity contribution < 1.29 is 9.90 Å². The van der Waals surface area contributed by atoms with E-state index in [2.05, 4.69) is 10.7 Å². The van der Waals surface area contributed by atoms with Crippen molar-refractivity contribution in [2.75, 3.05) is 24.7 Å². The molecular weight excluding hydrogens is 385 g/mol. The van der Waals surface area contributed by atoms with Crippen LogP contribution in [0, 0.1) is 0 Å². The van der Waals surface area contributed by atoms with Gasteiger partial charge in [0.05, 0.1) is 12.3 Å². The van der Waals surface area contributed by atoms with E-state index in [4.69, 9.17) is 34.8 Å². The lowest BCUT2D eigenvalue weighted by Crippen LogP contribution is -2.56. The van der Waals surface area contributed by atoms with Crippen LogP contribution in [0.2, 0.25) is 15.1 Å². The summed E-state index contributed by atoms with van der Waals surface area (Å²) in [7, 11) is 0. The van der Waals surface area contributed by atoms with Crippen LogP contribution in [0.5, 0.6) is 0 Å². The molecule has 0 bridgehead atoms. The van der Waals surface area contributed by atoms with Crippen molar-refractivity contribution in [1.29, 1.82) is 0 Å². The maximum Gasteiger partial charge on any atom is 0.336 e. The van der Waals surface area contributed by atoms with Gasteiger partial charge < -0.3 is 10.4 Å². The SMILES string of the molecule is O=C1NCCNN1c1cc(Cl)c(C(CO)c2ccc(Cl)cc2)c(Cl)c1. The monoisotopic (exact) mass is 399 g/mol. The molecule has 0 aliphatic carbocycles. The Morgan fingerprint density at radius 2 is 1.72 bits per heavy atom. The maximum atomic E-state index is 12.0. The van der Waals surface area contributed by atoms with Gasteiger partial charge in [-0.05, 0) is 35.4 Å². The number of amides is 2. The molecule has 25 heavy (non-hydrogen) atoms. The first-order chi connectivity index (χ1) is 12.0. The largest absolute Gasteiger partial charge is 0.395 e. The summed E-state index contributed by atoms with van der Waals surface area (Å²) in [6, 6.07) is 10.2. The number of urea groups is 1. The van der Waals surface area contributed by atoms with Crippen molar-refractivity contribution >= 4 is 46.5 Å². The summed E-state index contributed by atoms with van der Waals surface area (Å²) in [4.78, 5) is 12.0. The van der Waals surface area contributed by atoms with E-state index < -0.39 is 5.92 Å². The first-order valence-electron chi connectivity index (χ1n) is 7.68. The molecule has 5 nitrogen and oxygen atoms in total. The molecule has 1 aliphatic rings. The second kappa shape index (κ2) is 7.81. The third-order valence-corrected chi connectivity index (χ3v) is 4.88. The summed E-state index contributed by atoms with van der Waals surface area (Å²) in [6.07, 6.45) is 0. The maximum absolute atomic E-state index is 12.0. The van der Waals surface area contributed by atoms with Crippen LogP contribution < -0.4 is 15.8 Å². The smallest absolute Gasteiger partial charge is 0.336 e. The molecule has 0 spiro atoms. The zero-order valence-corrected chi connectivity index (χ0v) is 15.4. The molecule has 1 saturated heterocycles. The molecule has 8 heteroatoms. The number of hydrazine groups is 1. The highest BCUT2D eigenvalue weighted by atomic mass is 35.5. The Hall–Kier alpha value is -1.50. The quantitative estimate of drug-likeness (QED) is 0.731. The Morgan fingerprint density at radius 1 is 1.08 bits per heavy atom. The van der Waals surface area contributed by atoms with Crippen LogP contribution in [0.3, 0.4) is 0 Å². The van der Waals surface area contributed by atoms with E-state index in [1.807, 2.05) is 12.1 Å². The highest BCUT2D eigenvalue weighted by Gasteiger charge is 2.24. The van der Waals surface area contributed by atoms with Gasteiger partial charge >= 0.3 is 6.03 Å². The molecule has 2 aromatic carbocycles. The minimum atomic E-state index is -0.394. The Balaban J connectivity index is 1.99. The van der Waals surface area contributed by atoms with Crippen LogP contribution >= 0.6 is 34.8 Å². The lowest BCUT2D eigenvalue weighted by atomic mass is 9.91. The number of benzene rings is 2. The molecule has 1 atom stereocenters. The fourth-order valence-corrected chi connectivity index (χ4v) is 3.65. The topological polar surface area (TPSA) is 64.6 Å². The third kappa shape index (κ3) is 3.86. The summed E-state index contributed by atoms with van der Waals surface area (Å²) in [5.41, 5.74) is 4.96. The normalized spacial score (nSPS) is 15.8. The van der Waals surface area contributed by atoms with E-state index in [9.17, 15) is 9.90 Å². The Labute approximate surface area is 160 Å². The Kier molecular flexibility index (Phi) is 5.71. The van der Waals surface area contributed by atoms with Gasteiger partial charge in [0.2, 0.25) is 0 Å². The zero-order valence-electron chi connectivity index (χ0n) is 13.1. The van der Waals surface area contributed by atoms with Crippen LogP contribution in [0.25, 0.3) is 0 Å². The van der Waals surface area contributed by atoms with Crippen LogP contribution in [-0.2, 0) is 0 Å². The molecule has 132 valence electrons. The number of aliphatic hydroxyl groups is 1. The molecule has 2 aromatic rings. The number of rotatable bonds is 4. The second-order valence-corrected chi connectivity index (χ2v) is 6.84. The average molecular weight is 401 g/mol. The van der Waals surface area contributed by atoms with Gasteiger partial charge in [0.25, 0.3) is 0 Å². The summed E-state index contributed by atoms with van der Waals surface area (Å²) >= 11 is 18.8. The van der Waals surface area contributed by atoms with Crippen LogP contribution in [0.4, 0.5) is 10.5 Å². The van der Waals surface area contributed by atoms with Gasteiger partial charge in [0, 0.05) is 34.1 Å². The van der Waals surface area contributed by atoms with E-state index in [0.29, 0.717) is 39.4 Å². The summed E-state index contributed by atoms with van der Waals surface area (Å²) in [5, 5.41) is 15.3. The first kappa shape index (κ1) is 18.3. The molecule has 1 fully saturated rings. The Bertz CT molecular complexity index is 760. The standard InChI is InChI=1S/C17H16Cl3N3O2/c18-11-3-1-10(2-4-11)13(9-24)16-14(19)7-12(8-15(16)20)23-17(25)21-5-6-22-23/h1-4,7-8,13,22,24H,5-6,9H2,(H,21,25). The minimum Gasteiger partial charge on any atom is -0.395 e. The van der Waals surface area contributed by atoms with Gasteiger partial charge in [-0.25, -0.2) is 15.2 Å². The fourth-order valence-electron chi connectivity index (χ4n) is 2.79. The van der Waals surface area contributed by atoms with Gasteiger partial charge in [0.1, 0.15) is 0 Å². The molecule has 0 radical (unpaired) electrons. The van der Waals surface area contributed by atoms with Crippen molar-refractivity contribution in [3.8, 4) is 0 Å². The molecule has 3 N–H and O–H groups in total.